The molecule has 2 aliphatic carbocycles. The maximum absolute atomic E-state index is 5.45. The van der Waals surface area contributed by atoms with Crippen molar-refractivity contribution < 1.29 is 4.52 Å². The van der Waals surface area contributed by atoms with Crippen molar-refractivity contribution in [2.24, 2.45) is 11.3 Å². The van der Waals surface area contributed by atoms with E-state index < -0.39 is 0 Å². The lowest BCUT2D eigenvalue weighted by atomic mass is 9.95. The van der Waals surface area contributed by atoms with Crippen LogP contribution in [0, 0.1) is 11.3 Å². The minimum absolute atomic E-state index is 0.370. The number of hydrogen-bond donors (Lipinski definition) is 1. The number of likely N-dealkylation sites (N-methyl/N-ethyl adjacent to an activating group) is 1. The highest BCUT2D eigenvalue weighted by Crippen LogP contribution is 2.57. The Hall–Kier alpha value is -0.900. The van der Waals surface area contributed by atoms with Gasteiger partial charge in [0.2, 0.25) is 5.89 Å². The number of hydrogen-bond acceptors (Lipinski definition) is 4. The van der Waals surface area contributed by atoms with Crippen molar-refractivity contribution in [2.45, 2.75) is 64.3 Å². The molecule has 19 heavy (non-hydrogen) atoms. The van der Waals surface area contributed by atoms with Crippen LogP contribution >= 0.6 is 0 Å². The molecule has 0 aliphatic heterocycles. The molecule has 2 saturated carbocycles. The van der Waals surface area contributed by atoms with Gasteiger partial charge in [-0.05, 0) is 37.6 Å². The molecule has 4 nitrogen and oxygen atoms in total. The minimum atomic E-state index is 0.370. The third kappa shape index (κ3) is 2.69. The first-order valence-corrected chi connectivity index (χ1v) is 7.60. The van der Waals surface area contributed by atoms with E-state index in [1.165, 1.54) is 32.1 Å². The fourth-order valence-electron chi connectivity index (χ4n) is 3.45. The Balaban J connectivity index is 1.62. The van der Waals surface area contributed by atoms with Crippen molar-refractivity contribution in [1.82, 2.24) is 15.5 Å². The summed E-state index contributed by atoms with van der Waals surface area (Å²) in [6.45, 7) is 4.53. The molecule has 2 unspecified atom stereocenters. The normalized spacial score (nSPS) is 27.6. The second-order valence-electron chi connectivity index (χ2n) is 6.94. The van der Waals surface area contributed by atoms with Crippen molar-refractivity contribution in [2.75, 3.05) is 7.05 Å². The molecule has 3 rings (SSSR count). The molecule has 0 spiro atoms. The summed E-state index contributed by atoms with van der Waals surface area (Å²) >= 11 is 0. The molecule has 1 heterocycles. The van der Waals surface area contributed by atoms with Gasteiger partial charge in [-0.25, -0.2) is 0 Å². The van der Waals surface area contributed by atoms with Crippen molar-refractivity contribution in [3.63, 3.8) is 0 Å². The summed E-state index contributed by atoms with van der Waals surface area (Å²) < 4.78 is 5.45. The molecule has 2 aliphatic rings. The zero-order valence-electron chi connectivity index (χ0n) is 12.3. The van der Waals surface area contributed by atoms with Gasteiger partial charge in [-0.2, -0.15) is 4.98 Å². The summed E-state index contributed by atoms with van der Waals surface area (Å²) in [5, 5.41) is 7.61. The highest BCUT2D eigenvalue weighted by atomic mass is 16.5. The van der Waals surface area contributed by atoms with Gasteiger partial charge in [-0.1, -0.05) is 31.8 Å². The highest BCUT2D eigenvalue weighted by Gasteiger charge is 2.49. The van der Waals surface area contributed by atoms with E-state index in [1.54, 1.807) is 0 Å². The fourth-order valence-corrected chi connectivity index (χ4v) is 3.45. The van der Waals surface area contributed by atoms with Crippen LogP contribution in [0.2, 0.25) is 0 Å². The zero-order chi connectivity index (χ0) is 13.5. The average molecular weight is 263 g/mol. The van der Waals surface area contributed by atoms with Crippen molar-refractivity contribution >= 4 is 0 Å². The minimum Gasteiger partial charge on any atom is -0.339 e. The number of aromatic nitrogens is 2. The van der Waals surface area contributed by atoms with Gasteiger partial charge in [-0.3, -0.25) is 0 Å². The van der Waals surface area contributed by atoms with E-state index in [0.717, 1.165) is 24.1 Å². The Morgan fingerprint density at radius 1 is 1.37 bits per heavy atom. The lowest BCUT2D eigenvalue weighted by Crippen LogP contribution is -2.34. The Bertz CT molecular complexity index is 434. The Labute approximate surface area is 115 Å². The van der Waals surface area contributed by atoms with E-state index in [4.69, 9.17) is 4.52 Å². The van der Waals surface area contributed by atoms with Crippen LogP contribution in [-0.2, 0) is 6.42 Å². The molecule has 1 aromatic rings. The number of nitrogens with zero attached hydrogens (tertiary/aromatic N) is 2. The second kappa shape index (κ2) is 4.89. The van der Waals surface area contributed by atoms with E-state index >= 15 is 0 Å². The van der Waals surface area contributed by atoms with E-state index in [9.17, 15) is 0 Å². The topological polar surface area (TPSA) is 51.0 Å². The van der Waals surface area contributed by atoms with E-state index in [1.807, 2.05) is 7.05 Å². The fraction of sp³-hybridized carbons (Fsp3) is 0.867. The van der Waals surface area contributed by atoms with Crippen LogP contribution < -0.4 is 5.32 Å². The van der Waals surface area contributed by atoms with Crippen LogP contribution in [0.3, 0.4) is 0 Å². The van der Waals surface area contributed by atoms with Gasteiger partial charge in [0.05, 0.1) is 0 Å². The predicted octanol–water partition coefficient (Wildman–Crippen LogP) is 2.90. The van der Waals surface area contributed by atoms with Crippen molar-refractivity contribution in [3.8, 4) is 0 Å². The summed E-state index contributed by atoms with van der Waals surface area (Å²) in [7, 11) is 2.05. The summed E-state index contributed by atoms with van der Waals surface area (Å²) in [5.74, 6) is 3.01. The third-order valence-corrected chi connectivity index (χ3v) is 5.04. The van der Waals surface area contributed by atoms with E-state index in [2.05, 4.69) is 29.3 Å². The second-order valence-corrected chi connectivity index (χ2v) is 6.94. The Morgan fingerprint density at radius 2 is 2.05 bits per heavy atom. The molecule has 106 valence electrons. The average Bonchev–Trinajstić information content (AvgIpc) is 2.87. The Kier molecular flexibility index (Phi) is 3.37. The van der Waals surface area contributed by atoms with Gasteiger partial charge in [-0.15, -0.1) is 0 Å². The first kappa shape index (κ1) is 13.1. The van der Waals surface area contributed by atoms with Gasteiger partial charge < -0.3 is 9.84 Å². The first-order chi connectivity index (χ1) is 9.10. The van der Waals surface area contributed by atoms with Crippen LogP contribution in [0.1, 0.15) is 63.6 Å². The van der Waals surface area contributed by atoms with Crippen LogP contribution in [0.4, 0.5) is 0 Å². The van der Waals surface area contributed by atoms with Gasteiger partial charge in [0, 0.05) is 18.4 Å². The van der Waals surface area contributed by atoms with Crippen LogP contribution in [0.15, 0.2) is 4.52 Å². The van der Waals surface area contributed by atoms with E-state index in [0.29, 0.717) is 17.4 Å². The van der Waals surface area contributed by atoms with Crippen molar-refractivity contribution in [3.05, 3.63) is 11.7 Å². The summed E-state index contributed by atoms with van der Waals surface area (Å²) in [5.41, 5.74) is 0.370. The maximum Gasteiger partial charge on any atom is 0.228 e. The molecular formula is C15H25N3O. The predicted molar refractivity (Wildman–Crippen MR) is 73.9 cm³/mol. The zero-order valence-corrected chi connectivity index (χ0v) is 12.3. The molecule has 0 aromatic carbocycles. The molecule has 4 heteroatoms. The summed E-state index contributed by atoms with van der Waals surface area (Å²) in [4.78, 5) is 4.61. The molecular weight excluding hydrogens is 238 g/mol. The lowest BCUT2D eigenvalue weighted by molar-refractivity contribution is 0.316. The molecule has 0 bridgehead atoms. The Morgan fingerprint density at radius 3 is 2.63 bits per heavy atom. The third-order valence-electron chi connectivity index (χ3n) is 5.04. The summed E-state index contributed by atoms with van der Waals surface area (Å²) in [6, 6.07) is 0.489. The summed E-state index contributed by atoms with van der Waals surface area (Å²) in [6.07, 6.45) is 7.47. The van der Waals surface area contributed by atoms with Gasteiger partial charge in [0.15, 0.2) is 5.82 Å². The molecule has 2 atom stereocenters. The standard InChI is InChI=1S/C15H25N3O/c1-15(2)9-11(15)14-17-13(19-18-14)8-12(16-3)10-6-4-5-7-10/h10-12,16H,4-9H2,1-3H3. The quantitative estimate of drug-likeness (QED) is 0.887. The highest BCUT2D eigenvalue weighted by molar-refractivity contribution is 5.14. The smallest absolute Gasteiger partial charge is 0.228 e. The molecule has 0 radical (unpaired) electrons. The van der Waals surface area contributed by atoms with Gasteiger partial charge in [0.1, 0.15) is 0 Å². The molecule has 1 N–H and O–H groups in total. The van der Waals surface area contributed by atoms with Crippen LogP contribution in [-0.4, -0.2) is 23.2 Å². The molecule has 2 fully saturated rings. The van der Waals surface area contributed by atoms with Gasteiger partial charge in [0.25, 0.3) is 0 Å². The largest absolute Gasteiger partial charge is 0.339 e. The van der Waals surface area contributed by atoms with Crippen LogP contribution in [0.25, 0.3) is 0 Å². The first-order valence-electron chi connectivity index (χ1n) is 7.60. The SMILES string of the molecule is CNC(Cc1nc(C2CC2(C)C)no1)C1CCCC1. The van der Waals surface area contributed by atoms with Crippen LogP contribution in [0.5, 0.6) is 0 Å². The maximum atomic E-state index is 5.45. The van der Waals surface area contributed by atoms with Crippen molar-refractivity contribution in [1.29, 1.82) is 0 Å². The molecule has 0 saturated heterocycles. The number of rotatable bonds is 5. The monoisotopic (exact) mass is 263 g/mol. The van der Waals surface area contributed by atoms with E-state index in [-0.39, 0.29) is 0 Å². The lowest BCUT2D eigenvalue weighted by Gasteiger charge is -2.20. The van der Waals surface area contributed by atoms with Gasteiger partial charge >= 0.3 is 0 Å². The molecule has 1 aromatic heterocycles. The number of nitrogens with one attached hydrogen (secondary N) is 1. The molecule has 0 amide bonds.